The number of hydrogen-bond donors (Lipinski definition) is 0. The van der Waals surface area contributed by atoms with Gasteiger partial charge in [0.25, 0.3) is 0 Å². The van der Waals surface area contributed by atoms with Gasteiger partial charge < -0.3 is 0 Å². The third-order valence-corrected chi connectivity index (χ3v) is 2.06. The molecule has 2 aromatic heterocycles. The predicted molar refractivity (Wildman–Crippen MR) is 47.9 cm³/mol. The van der Waals surface area contributed by atoms with Gasteiger partial charge in [0, 0.05) is 18.0 Å². The van der Waals surface area contributed by atoms with Crippen LogP contribution in [0.3, 0.4) is 0 Å². The van der Waals surface area contributed by atoms with Crippen LogP contribution in [0.1, 0.15) is 5.01 Å². The SMILES string of the molecule is N#Cc1nc(-c2cccnc2)ns1. The van der Waals surface area contributed by atoms with Gasteiger partial charge in [-0.2, -0.15) is 9.64 Å². The number of rotatable bonds is 1. The summed E-state index contributed by atoms with van der Waals surface area (Å²) in [7, 11) is 0. The average molecular weight is 188 g/mol. The molecule has 2 heterocycles. The second-order valence-corrected chi connectivity index (χ2v) is 3.03. The lowest BCUT2D eigenvalue weighted by Crippen LogP contribution is -1.81. The molecule has 0 atom stereocenters. The van der Waals surface area contributed by atoms with Crippen molar-refractivity contribution < 1.29 is 0 Å². The molecule has 0 radical (unpaired) electrons. The first-order valence-electron chi connectivity index (χ1n) is 3.54. The lowest BCUT2D eigenvalue weighted by atomic mass is 10.3. The zero-order chi connectivity index (χ0) is 9.10. The molecule has 2 rings (SSSR count). The molecule has 0 bridgehead atoms. The van der Waals surface area contributed by atoms with Crippen LogP contribution in [0.15, 0.2) is 24.5 Å². The Hall–Kier alpha value is -1.80. The predicted octanol–water partition coefficient (Wildman–Crippen LogP) is 1.47. The van der Waals surface area contributed by atoms with Crippen molar-refractivity contribution in [2.45, 2.75) is 0 Å². The molecular formula is C8H4N4S. The molecule has 0 saturated heterocycles. The maximum atomic E-state index is 8.54. The highest BCUT2D eigenvalue weighted by atomic mass is 32.1. The molecule has 0 aliphatic carbocycles. The van der Waals surface area contributed by atoms with E-state index >= 15 is 0 Å². The molecule has 5 heteroatoms. The Labute approximate surface area is 78.7 Å². The minimum absolute atomic E-state index is 0.374. The molecule has 0 N–H and O–H groups in total. The number of nitrogens with zero attached hydrogens (tertiary/aromatic N) is 4. The summed E-state index contributed by atoms with van der Waals surface area (Å²) in [6, 6.07) is 5.61. The van der Waals surface area contributed by atoms with Gasteiger partial charge >= 0.3 is 0 Å². The van der Waals surface area contributed by atoms with Crippen LogP contribution in [0.4, 0.5) is 0 Å². The van der Waals surface area contributed by atoms with Crippen LogP contribution >= 0.6 is 11.5 Å². The number of nitriles is 1. The Morgan fingerprint density at radius 2 is 2.38 bits per heavy atom. The van der Waals surface area contributed by atoms with Crippen LogP contribution in [0.25, 0.3) is 11.4 Å². The fourth-order valence-electron chi connectivity index (χ4n) is 0.881. The number of hydrogen-bond acceptors (Lipinski definition) is 5. The second kappa shape index (κ2) is 3.29. The lowest BCUT2D eigenvalue weighted by Gasteiger charge is -1.90. The second-order valence-electron chi connectivity index (χ2n) is 2.28. The van der Waals surface area contributed by atoms with Gasteiger partial charge in [-0.05, 0) is 23.7 Å². The van der Waals surface area contributed by atoms with Crippen molar-refractivity contribution >= 4 is 11.5 Å². The van der Waals surface area contributed by atoms with Crippen LogP contribution in [0.5, 0.6) is 0 Å². The van der Waals surface area contributed by atoms with Crippen LogP contribution in [0, 0.1) is 11.3 Å². The fraction of sp³-hybridized carbons (Fsp3) is 0. The van der Waals surface area contributed by atoms with Crippen LogP contribution in [-0.2, 0) is 0 Å². The topological polar surface area (TPSA) is 62.5 Å². The monoisotopic (exact) mass is 188 g/mol. The highest BCUT2D eigenvalue weighted by Gasteiger charge is 2.04. The van der Waals surface area contributed by atoms with Crippen molar-refractivity contribution in [3.8, 4) is 17.5 Å². The van der Waals surface area contributed by atoms with E-state index in [4.69, 9.17) is 5.26 Å². The number of pyridine rings is 1. The van der Waals surface area contributed by atoms with E-state index in [1.165, 1.54) is 0 Å². The maximum Gasteiger partial charge on any atom is 0.214 e. The molecule has 2 aromatic rings. The third kappa shape index (κ3) is 1.53. The molecule has 0 aliphatic heterocycles. The van der Waals surface area contributed by atoms with E-state index < -0.39 is 0 Å². The van der Waals surface area contributed by atoms with Crippen LogP contribution in [-0.4, -0.2) is 14.3 Å². The Morgan fingerprint density at radius 1 is 1.46 bits per heavy atom. The molecule has 0 amide bonds. The van der Waals surface area contributed by atoms with Crippen LogP contribution in [0.2, 0.25) is 0 Å². The Morgan fingerprint density at radius 3 is 3.00 bits per heavy atom. The normalized spacial score (nSPS) is 9.46. The average Bonchev–Trinajstić information content (AvgIpc) is 2.67. The summed E-state index contributed by atoms with van der Waals surface area (Å²) in [5.74, 6) is 0.564. The van der Waals surface area contributed by atoms with E-state index in [-0.39, 0.29) is 0 Å². The lowest BCUT2D eigenvalue weighted by molar-refractivity contribution is 1.26. The summed E-state index contributed by atoms with van der Waals surface area (Å²) in [4.78, 5) is 7.94. The first kappa shape index (κ1) is 7.83. The Balaban J connectivity index is 2.43. The molecule has 62 valence electrons. The van der Waals surface area contributed by atoms with Gasteiger partial charge in [0.15, 0.2) is 5.82 Å². The molecule has 0 aromatic carbocycles. The van der Waals surface area contributed by atoms with E-state index in [0.29, 0.717) is 10.8 Å². The number of aromatic nitrogens is 3. The first-order chi connectivity index (χ1) is 6.40. The minimum Gasteiger partial charge on any atom is -0.264 e. The summed E-state index contributed by atoms with van der Waals surface area (Å²) in [5.41, 5.74) is 0.834. The van der Waals surface area contributed by atoms with Gasteiger partial charge in [0.2, 0.25) is 5.01 Å². The molecule has 0 aliphatic rings. The van der Waals surface area contributed by atoms with E-state index in [0.717, 1.165) is 17.1 Å². The highest BCUT2D eigenvalue weighted by Crippen LogP contribution is 2.15. The Bertz CT molecular complexity index is 443. The zero-order valence-electron chi connectivity index (χ0n) is 6.51. The van der Waals surface area contributed by atoms with Gasteiger partial charge in [0.05, 0.1) is 0 Å². The summed E-state index contributed by atoms with van der Waals surface area (Å²) in [6.07, 6.45) is 3.35. The summed E-state index contributed by atoms with van der Waals surface area (Å²) in [6.45, 7) is 0. The highest BCUT2D eigenvalue weighted by molar-refractivity contribution is 7.06. The van der Waals surface area contributed by atoms with Crippen molar-refractivity contribution in [2.24, 2.45) is 0 Å². The summed E-state index contributed by atoms with van der Waals surface area (Å²) >= 11 is 1.09. The molecule has 0 fully saturated rings. The van der Waals surface area contributed by atoms with Gasteiger partial charge in [-0.15, -0.1) is 0 Å². The van der Waals surface area contributed by atoms with Crippen molar-refractivity contribution in [3.63, 3.8) is 0 Å². The smallest absolute Gasteiger partial charge is 0.214 e. The van der Waals surface area contributed by atoms with Gasteiger partial charge in [0.1, 0.15) is 6.07 Å². The summed E-state index contributed by atoms with van der Waals surface area (Å²) in [5, 5.41) is 8.91. The van der Waals surface area contributed by atoms with E-state index in [1.54, 1.807) is 12.4 Å². The first-order valence-corrected chi connectivity index (χ1v) is 4.31. The van der Waals surface area contributed by atoms with Gasteiger partial charge in [-0.3, -0.25) is 4.98 Å². The molecule has 0 unspecified atom stereocenters. The van der Waals surface area contributed by atoms with Crippen molar-refractivity contribution in [1.82, 2.24) is 14.3 Å². The Kier molecular flexibility index (Phi) is 1.98. The van der Waals surface area contributed by atoms with E-state index in [9.17, 15) is 0 Å². The molecular weight excluding hydrogens is 184 g/mol. The van der Waals surface area contributed by atoms with Crippen LogP contribution < -0.4 is 0 Å². The molecule has 13 heavy (non-hydrogen) atoms. The quantitative estimate of drug-likeness (QED) is 0.679. The fourth-order valence-corrected chi connectivity index (χ4v) is 1.37. The standard InChI is InChI=1S/C8H4N4S/c9-4-7-11-8(12-13-7)6-2-1-3-10-5-6/h1-3,5H. The molecule has 0 spiro atoms. The van der Waals surface area contributed by atoms with E-state index in [2.05, 4.69) is 14.3 Å². The largest absolute Gasteiger partial charge is 0.264 e. The summed E-state index contributed by atoms with van der Waals surface area (Å²) < 4.78 is 4.03. The van der Waals surface area contributed by atoms with Gasteiger partial charge in [-0.25, -0.2) is 4.98 Å². The molecule has 0 saturated carbocycles. The van der Waals surface area contributed by atoms with E-state index in [1.807, 2.05) is 18.2 Å². The zero-order valence-corrected chi connectivity index (χ0v) is 7.32. The minimum atomic E-state index is 0.374. The third-order valence-electron chi connectivity index (χ3n) is 1.44. The molecule has 4 nitrogen and oxygen atoms in total. The van der Waals surface area contributed by atoms with Gasteiger partial charge in [-0.1, -0.05) is 0 Å². The maximum absolute atomic E-state index is 8.54. The van der Waals surface area contributed by atoms with Crippen molar-refractivity contribution in [3.05, 3.63) is 29.5 Å². The van der Waals surface area contributed by atoms with Crippen molar-refractivity contribution in [2.75, 3.05) is 0 Å². The van der Waals surface area contributed by atoms with Crippen molar-refractivity contribution in [1.29, 1.82) is 5.26 Å².